The first-order chi connectivity index (χ1) is 8.88. The number of anilines is 1. The molecule has 1 atom stereocenters. The standard InChI is InChI=1S/C11H13Cl2N3O3/c1-6(3-10(18)19)2-9(17)15-16-11-8(13)4-7(12)5-14-11/h4-6H,2-3H2,1H3,(H,14,16)(H,15,17)(H,18,19)/p-1/t6-/m0/s1. The Morgan fingerprint density at radius 2 is 2.11 bits per heavy atom. The van der Waals surface area contributed by atoms with Crippen molar-refractivity contribution in [3.8, 4) is 0 Å². The number of nitrogens with zero attached hydrogens (tertiary/aromatic N) is 1. The highest BCUT2D eigenvalue weighted by molar-refractivity contribution is 6.35. The minimum Gasteiger partial charge on any atom is -0.550 e. The van der Waals surface area contributed by atoms with Crippen molar-refractivity contribution in [2.45, 2.75) is 19.8 Å². The first-order valence-electron chi connectivity index (χ1n) is 5.44. The van der Waals surface area contributed by atoms with Crippen LogP contribution in [-0.2, 0) is 9.59 Å². The molecule has 1 aromatic rings. The second-order valence-electron chi connectivity index (χ2n) is 4.04. The Hall–Kier alpha value is -1.53. The van der Waals surface area contributed by atoms with Crippen LogP contribution in [0, 0.1) is 5.92 Å². The molecule has 0 bridgehead atoms. The zero-order valence-corrected chi connectivity index (χ0v) is 11.6. The van der Waals surface area contributed by atoms with Crippen molar-refractivity contribution in [2.24, 2.45) is 5.92 Å². The highest BCUT2D eigenvalue weighted by Crippen LogP contribution is 2.21. The third-order valence-electron chi connectivity index (χ3n) is 2.18. The number of hydrogen-bond acceptors (Lipinski definition) is 5. The average molecular weight is 305 g/mol. The van der Waals surface area contributed by atoms with Crippen LogP contribution in [0.4, 0.5) is 5.82 Å². The summed E-state index contributed by atoms with van der Waals surface area (Å²) in [4.78, 5) is 25.7. The number of nitrogens with one attached hydrogen (secondary N) is 2. The lowest BCUT2D eigenvalue weighted by molar-refractivity contribution is -0.306. The zero-order chi connectivity index (χ0) is 14.4. The van der Waals surface area contributed by atoms with Gasteiger partial charge in [-0.3, -0.25) is 15.6 Å². The van der Waals surface area contributed by atoms with Crippen LogP contribution in [0.1, 0.15) is 19.8 Å². The third-order valence-corrected chi connectivity index (χ3v) is 2.67. The Balaban J connectivity index is 2.43. The van der Waals surface area contributed by atoms with Gasteiger partial charge in [-0.2, -0.15) is 0 Å². The topological polar surface area (TPSA) is 94.1 Å². The van der Waals surface area contributed by atoms with Gasteiger partial charge in [-0.1, -0.05) is 30.1 Å². The molecule has 0 radical (unpaired) electrons. The largest absolute Gasteiger partial charge is 0.550 e. The fourth-order valence-electron chi connectivity index (χ4n) is 1.36. The number of hydrogen-bond donors (Lipinski definition) is 2. The predicted octanol–water partition coefficient (Wildman–Crippen LogP) is 0.998. The molecule has 0 aromatic carbocycles. The van der Waals surface area contributed by atoms with Crippen molar-refractivity contribution in [3.63, 3.8) is 0 Å². The maximum atomic E-state index is 11.5. The van der Waals surface area contributed by atoms with Crippen molar-refractivity contribution in [1.29, 1.82) is 0 Å². The molecule has 1 heterocycles. The number of halogens is 2. The van der Waals surface area contributed by atoms with E-state index >= 15 is 0 Å². The molecular formula is C11H12Cl2N3O3-. The Morgan fingerprint density at radius 1 is 1.42 bits per heavy atom. The normalized spacial score (nSPS) is 11.7. The molecule has 19 heavy (non-hydrogen) atoms. The van der Waals surface area contributed by atoms with Gasteiger partial charge in [0.2, 0.25) is 5.91 Å². The van der Waals surface area contributed by atoms with Gasteiger partial charge in [0.05, 0.1) is 10.0 Å². The van der Waals surface area contributed by atoms with Gasteiger partial charge in [0.15, 0.2) is 5.82 Å². The molecule has 1 aromatic heterocycles. The molecule has 0 aliphatic rings. The first kappa shape index (κ1) is 15.5. The number of rotatable bonds is 6. The van der Waals surface area contributed by atoms with Crippen molar-refractivity contribution in [1.82, 2.24) is 10.4 Å². The minimum absolute atomic E-state index is 0.0478. The van der Waals surface area contributed by atoms with Gasteiger partial charge < -0.3 is 9.90 Å². The molecule has 8 heteroatoms. The summed E-state index contributed by atoms with van der Waals surface area (Å²) < 4.78 is 0. The van der Waals surface area contributed by atoms with Gasteiger partial charge in [0, 0.05) is 18.6 Å². The van der Waals surface area contributed by atoms with Crippen LogP contribution in [0.25, 0.3) is 0 Å². The van der Waals surface area contributed by atoms with E-state index in [9.17, 15) is 14.7 Å². The van der Waals surface area contributed by atoms with Crippen molar-refractivity contribution in [2.75, 3.05) is 5.43 Å². The molecule has 0 unspecified atom stereocenters. The lowest BCUT2D eigenvalue weighted by Crippen LogP contribution is -2.32. The highest BCUT2D eigenvalue weighted by Gasteiger charge is 2.10. The fraction of sp³-hybridized carbons (Fsp3) is 0.364. The molecule has 0 saturated heterocycles. The number of aliphatic carboxylic acids is 1. The summed E-state index contributed by atoms with van der Waals surface area (Å²) in [5, 5.41) is 11.0. The molecule has 0 spiro atoms. The van der Waals surface area contributed by atoms with E-state index in [0.717, 1.165) is 0 Å². The quantitative estimate of drug-likeness (QED) is 0.765. The Morgan fingerprint density at radius 3 is 2.68 bits per heavy atom. The predicted molar refractivity (Wildman–Crippen MR) is 69.4 cm³/mol. The molecule has 0 aliphatic heterocycles. The number of pyridine rings is 1. The average Bonchev–Trinajstić information content (AvgIpc) is 2.26. The van der Waals surface area contributed by atoms with Crippen LogP contribution in [0.2, 0.25) is 10.0 Å². The second-order valence-corrected chi connectivity index (χ2v) is 4.89. The van der Waals surface area contributed by atoms with Gasteiger partial charge >= 0.3 is 0 Å². The van der Waals surface area contributed by atoms with Crippen LogP contribution >= 0.6 is 23.2 Å². The Labute approximate surface area is 120 Å². The molecule has 1 amide bonds. The SMILES string of the molecule is C[C@H](CC(=O)[O-])CC(=O)NNc1ncc(Cl)cc1Cl. The van der Waals surface area contributed by atoms with Crippen molar-refractivity contribution in [3.05, 3.63) is 22.3 Å². The minimum atomic E-state index is -1.18. The van der Waals surface area contributed by atoms with Crippen LogP contribution < -0.4 is 16.0 Å². The van der Waals surface area contributed by atoms with Gasteiger partial charge in [-0.25, -0.2) is 4.98 Å². The summed E-state index contributed by atoms with van der Waals surface area (Å²) in [6.07, 6.45) is 1.25. The molecule has 0 aliphatic carbocycles. The van der Waals surface area contributed by atoms with E-state index in [1.807, 2.05) is 0 Å². The van der Waals surface area contributed by atoms with E-state index in [4.69, 9.17) is 23.2 Å². The second kappa shape index (κ2) is 7.16. The van der Waals surface area contributed by atoms with Gasteiger partial charge in [0.25, 0.3) is 0 Å². The van der Waals surface area contributed by atoms with Gasteiger partial charge in [-0.15, -0.1) is 0 Å². The monoisotopic (exact) mass is 304 g/mol. The van der Waals surface area contributed by atoms with E-state index in [2.05, 4.69) is 15.8 Å². The molecule has 2 N–H and O–H groups in total. The molecule has 6 nitrogen and oxygen atoms in total. The molecule has 0 fully saturated rings. The Kier molecular flexibility index (Phi) is 5.85. The molecule has 1 rings (SSSR count). The smallest absolute Gasteiger partial charge is 0.238 e. The van der Waals surface area contributed by atoms with Gasteiger partial charge in [-0.05, 0) is 18.4 Å². The molecule has 0 saturated carbocycles. The maximum absolute atomic E-state index is 11.5. The van der Waals surface area contributed by atoms with Crippen molar-refractivity contribution < 1.29 is 14.7 Å². The zero-order valence-electron chi connectivity index (χ0n) is 10.1. The molecule has 104 valence electrons. The Bertz CT molecular complexity index is 482. The number of carboxylic acids is 1. The van der Waals surface area contributed by atoms with Crippen LogP contribution in [0.5, 0.6) is 0 Å². The number of hydrazine groups is 1. The van der Waals surface area contributed by atoms with Gasteiger partial charge in [0.1, 0.15) is 0 Å². The van der Waals surface area contributed by atoms with E-state index in [0.29, 0.717) is 5.02 Å². The summed E-state index contributed by atoms with van der Waals surface area (Å²) >= 11 is 11.5. The van der Waals surface area contributed by atoms with E-state index < -0.39 is 5.97 Å². The number of aromatic nitrogens is 1. The number of carbonyl (C=O) groups is 2. The molecular weight excluding hydrogens is 293 g/mol. The number of carbonyl (C=O) groups excluding carboxylic acids is 2. The van der Waals surface area contributed by atoms with E-state index in [1.165, 1.54) is 12.3 Å². The van der Waals surface area contributed by atoms with E-state index in [-0.39, 0.29) is 35.5 Å². The highest BCUT2D eigenvalue weighted by atomic mass is 35.5. The summed E-state index contributed by atoms with van der Waals surface area (Å²) in [7, 11) is 0. The fourth-order valence-corrected chi connectivity index (χ4v) is 1.79. The lowest BCUT2D eigenvalue weighted by Gasteiger charge is -2.13. The van der Waals surface area contributed by atoms with Crippen LogP contribution in [0.3, 0.4) is 0 Å². The maximum Gasteiger partial charge on any atom is 0.238 e. The summed E-state index contributed by atoms with van der Waals surface area (Å²) in [6.45, 7) is 1.64. The number of carboxylic acid groups (broad SMARTS) is 1. The van der Waals surface area contributed by atoms with E-state index in [1.54, 1.807) is 6.92 Å². The number of amides is 1. The van der Waals surface area contributed by atoms with Crippen LogP contribution in [-0.4, -0.2) is 16.9 Å². The van der Waals surface area contributed by atoms with Crippen molar-refractivity contribution >= 4 is 40.9 Å². The third kappa shape index (κ3) is 5.76. The summed E-state index contributed by atoms with van der Waals surface area (Å²) in [5.41, 5.74) is 4.91. The summed E-state index contributed by atoms with van der Waals surface area (Å²) in [6, 6.07) is 1.48. The van der Waals surface area contributed by atoms with Crippen LogP contribution in [0.15, 0.2) is 12.3 Å². The summed E-state index contributed by atoms with van der Waals surface area (Å²) in [5.74, 6) is -1.62. The first-order valence-corrected chi connectivity index (χ1v) is 6.20. The lowest BCUT2D eigenvalue weighted by atomic mass is 10.0.